The number of aryl methyl sites for hydroxylation is 1. The van der Waals surface area contributed by atoms with Crippen molar-refractivity contribution in [3.63, 3.8) is 0 Å². The SMILES string of the molecule is Cc1ccc(N2C[C@]3(CC[C@](c4ccccc4)(N(C)C)CC3)NC2O)cc1. The number of hydrogen-bond donors (Lipinski definition) is 2. The van der Waals surface area contributed by atoms with Gasteiger partial charge in [0.2, 0.25) is 0 Å². The quantitative estimate of drug-likeness (QED) is 0.874. The van der Waals surface area contributed by atoms with Gasteiger partial charge in [-0.15, -0.1) is 0 Å². The van der Waals surface area contributed by atoms with Crippen LogP contribution in [-0.4, -0.2) is 42.5 Å². The van der Waals surface area contributed by atoms with Crippen LogP contribution in [0, 0.1) is 6.92 Å². The van der Waals surface area contributed by atoms with E-state index in [0.29, 0.717) is 0 Å². The lowest BCUT2D eigenvalue weighted by atomic mass is 9.69. The predicted octanol–water partition coefficient (Wildman–Crippen LogP) is 3.45. The number of nitrogens with zero attached hydrogens (tertiary/aromatic N) is 2. The van der Waals surface area contributed by atoms with E-state index in [4.69, 9.17) is 0 Å². The van der Waals surface area contributed by atoms with E-state index >= 15 is 0 Å². The van der Waals surface area contributed by atoms with Gasteiger partial charge in [0.15, 0.2) is 6.35 Å². The van der Waals surface area contributed by atoms with Gasteiger partial charge in [-0.1, -0.05) is 48.0 Å². The molecule has 2 N–H and O–H groups in total. The van der Waals surface area contributed by atoms with Crippen molar-refractivity contribution in [2.75, 3.05) is 25.5 Å². The van der Waals surface area contributed by atoms with Gasteiger partial charge in [-0.3, -0.25) is 10.2 Å². The molecule has 1 aliphatic heterocycles. The highest BCUT2D eigenvalue weighted by molar-refractivity contribution is 5.50. The summed E-state index contributed by atoms with van der Waals surface area (Å²) in [5.74, 6) is 0. The third-order valence-electron chi connectivity index (χ3n) is 6.77. The topological polar surface area (TPSA) is 38.7 Å². The number of benzene rings is 2. The first kappa shape index (κ1) is 18.5. The van der Waals surface area contributed by atoms with Crippen molar-refractivity contribution < 1.29 is 5.11 Å². The second-order valence-electron chi connectivity index (χ2n) is 8.55. The molecule has 0 bridgehead atoms. The highest BCUT2D eigenvalue weighted by Crippen LogP contribution is 2.46. The number of rotatable bonds is 3. The zero-order valence-corrected chi connectivity index (χ0v) is 16.7. The van der Waals surface area contributed by atoms with Crippen molar-refractivity contribution in [3.05, 3.63) is 65.7 Å². The van der Waals surface area contributed by atoms with Gasteiger partial charge in [0.05, 0.1) is 0 Å². The van der Waals surface area contributed by atoms with Gasteiger partial charge in [-0.25, -0.2) is 0 Å². The molecule has 1 unspecified atom stereocenters. The maximum absolute atomic E-state index is 10.7. The van der Waals surface area contributed by atoms with E-state index < -0.39 is 6.35 Å². The summed E-state index contributed by atoms with van der Waals surface area (Å²) in [5.41, 5.74) is 3.80. The summed E-state index contributed by atoms with van der Waals surface area (Å²) in [6, 6.07) is 19.3. The second-order valence-corrected chi connectivity index (χ2v) is 8.55. The lowest BCUT2D eigenvalue weighted by molar-refractivity contribution is 0.0513. The van der Waals surface area contributed by atoms with Crippen LogP contribution in [0.15, 0.2) is 54.6 Å². The number of hydrogen-bond acceptors (Lipinski definition) is 4. The Bertz CT molecular complexity index is 764. The molecular formula is C23H31N3O. The minimum absolute atomic E-state index is 0.0153. The Kier molecular flexibility index (Phi) is 4.75. The summed E-state index contributed by atoms with van der Waals surface area (Å²) >= 11 is 0. The van der Waals surface area contributed by atoms with Crippen molar-refractivity contribution in [1.29, 1.82) is 0 Å². The molecule has 0 aromatic heterocycles. The molecule has 1 aliphatic carbocycles. The molecule has 4 nitrogen and oxygen atoms in total. The molecule has 1 heterocycles. The lowest BCUT2D eigenvalue weighted by Crippen LogP contribution is -2.54. The monoisotopic (exact) mass is 365 g/mol. The number of aliphatic hydroxyl groups is 1. The molecule has 1 spiro atoms. The summed E-state index contributed by atoms with van der Waals surface area (Å²) in [4.78, 5) is 4.49. The Morgan fingerprint density at radius 1 is 0.963 bits per heavy atom. The average Bonchev–Trinajstić information content (AvgIpc) is 3.00. The summed E-state index contributed by atoms with van der Waals surface area (Å²) in [6.07, 6.45) is 3.67. The maximum Gasteiger partial charge on any atom is 0.184 e. The molecule has 4 rings (SSSR count). The lowest BCUT2D eigenvalue weighted by Gasteiger charge is -2.49. The maximum atomic E-state index is 10.7. The fourth-order valence-corrected chi connectivity index (χ4v) is 4.97. The molecule has 0 radical (unpaired) electrons. The van der Waals surface area contributed by atoms with Crippen molar-refractivity contribution in [2.45, 2.75) is 50.0 Å². The number of aliphatic hydroxyl groups excluding tert-OH is 1. The Balaban J connectivity index is 1.53. The van der Waals surface area contributed by atoms with Crippen molar-refractivity contribution in [1.82, 2.24) is 10.2 Å². The normalized spacial score (nSPS) is 31.0. The van der Waals surface area contributed by atoms with Crippen LogP contribution in [0.2, 0.25) is 0 Å². The van der Waals surface area contributed by atoms with Gasteiger partial charge in [-0.05, 0) is 64.4 Å². The average molecular weight is 366 g/mol. The Morgan fingerprint density at radius 3 is 2.19 bits per heavy atom. The Labute approximate surface area is 162 Å². The fraction of sp³-hybridized carbons (Fsp3) is 0.478. The molecule has 144 valence electrons. The third kappa shape index (κ3) is 3.27. The van der Waals surface area contributed by atoms with Crippen LogP contribution in [0.25, 0.3) is 0 Å². The van der Waals surface area contributed by atoms with E-state index in [1.807, 2.05) is 0 Å². The van der Waals surface area contributed by atoms with Crippen LogP contribution in [0.1, 0.15) is 36.8 Å². The predicted molar refractivity (Wildman–Crippen MR) is 111 cm³/mol. The highest BCUT2D eigenvalue weighted by Gasteiger charge is 2.50. The molecular weight excluding hydrogens is 334 g/mol. The number of anilines is 1. The molecule has 2 aliphatic rings. The van der Waals surface area contributed by atoms with Gasteiger partial charge >= 0.3 is 0 Å². The highest BCUT2D eigenvalue weighted by atomic mass is 16.3. The van der Waals surface area contributed by atoms with E-state index in [2.05, 4.69) is 90.7 Å². The first-order chi connectivity index (χ1) is 12.9. The summed E-state index contributed by atoms with van der Waals surface area (Å²) in [6.45, 7) is 2.95. The molecule has 1 saturated carbocycles. The molecule has 2 aromatic rings. The summed E-state index contributed by atoms with van der Waals surface area (Å²) < 4.78 is 0. The molecule has 1 atom stereocenters. The molecule has 27 heavy (non-hydrogen) atoms. The standard InChI is InChI=1S/C23H31N3O/c1-18-9-11-20(12-10-18)26-17-22(24-21(26)27)13-15-23(16-14-22,25(2)3)19-7-5-4-6-8-19/h4-12,21,24,27H,13-17H2,1-3H3/t21?,22-,23+. The zero-order chi connectivity index (χ0) is 19.1. The van der Waals surface area contributed by atoms with E-state index in [1.165, 1.54) is 11.1 Å². The fourth-order valence-electron chi connectivity index (χ4n) is 4.97. The van der Waals surface area contributed by atoms with Crippen LogP contribution >= 0.6 is 0 Å². The van der Waals surface area contributed by atoms with Crippen LogP contribution in [-0.2, 0) is 5.54 Å². The molecule has 0 amide bonds. The Hall–Kier alpha value is -1.88. The number of nitrogens with one attached hydrogen (secondary N) is 1. The van der Waals surface area contributed by atoms with E-state index in [-0.39, 0.29) is 11.1 Å². The smallest absolute Gasteiger partial charge is 0.184 e. The van der Waals surface area contributed by atoms with E-state index in [1.54, 1.807) is 0 Å². The van der Waals surface area contributed by atoms with Crippen molar-refractivity contribution in [3.8, 4) is 0 Å². The van der Waals surface area contributed by atoms with Gasteiger partial charge in [0.1, 0.15) is 0 Å². The van der Waals surface area contributed by atoms with Crippen LogP contribution in [0.3, 0.4) is 0 Å². The first-order valence-electron chi connectivity index (χ1n) is 9.96. The zero-order valence-electron chi connectivity index (χ0n) is 16.7. The summed E-state index contributed by atoms with van der Waals surface area (Å²) in [7, 11) is 4.39. The van der Waals surface area contributed by atoms with Gasteiger partial charge in [-0.2, -0.15) is 0 Å². The first-order valence-corrected chi connectivity index (χ1v) is 9.96. The van der Waals surface area contributed by atoms with Crippen molar-refractivity contribution in [2.24, 2.45) is 0 Å². The van der Waals surface area contributed by atoms with E-state index in [0.717, 1.165) is 37.9 Å². The molecule has 1 saturated heterocycles. The van der Waals surface area contributed by atoms with E-state index in [9.17, 15) is 5.11 Å². The van der Waals surface area contributed by atoms with Crippen LogP contribution in [0.4, 0.5) is 5.69 Å². The van der Waals surface area contributed by atoms with Gasteiger partial charge in [0, 0.05) is 23.3 Å². The molecule has 2 fully saturated rings. The second kappa shape index (κ2) is 6.93. The largest absolute Gasteiger partial charge is 0.361 e. The Morgan fingerprint density at radius 2 is 1.59 bits per heavy atom. The van der Waals surface area contributed by atoms with Gasteiger partial charge in [0.25, 0.3) is 0 Å². The molecule has 4 heteroatoms. The van der Waals surface area contributed by atoms with Gasteiger partial charge < -0.3 is 10.0 Å². The minimum atomic E-state index is -0.615. The van der Waals surface area contributed by atoms with Crippen LogP contribution in [0.5, 0.6) is 0 Å². The summed E-state index contributed by atoms with van der Waals surface area (Å²) in [5, 5.41) is 14.2. The van der Waals surface area contributed by atoms with Crippen LogP contribution < -0.4 is 10.2 Å². The molecule has 2 aromatic carbocycles. The van der Waals surface area contributed by atoms with Crippen molar-refractivity contribution >= 4 is 5.69 Å². The third-order valence-corrected chi connectivity index (χ3v) is 6.77. The minimum Gasteiger partial charge on any atom is -0.361 e.